The zero-order valence-electron chi connectivity index (χ0n) is 12.7. The van der Waals surface area contributed by atoms with Gasteiger partial charge in [0.05, 0.1) is 13.2 Å². The topological polar surface area (TPSA) is 54.5 Å². The van der Waals surface area contributed by atoms with Crippen molar-refractivity contribution in [3.63, 3.8) is 0 Å². The Balaban J connectivity index is 1.66. The summed E-state index contributed by atoms with van der Waals surface area (Å²) in [6.45, 7) is 3.43. The number of ether oxygens (including phenoxy) is 1. The minimum absolute atomic E-state index is 0.208. The summed E-state index contributed by atoms with van der Waals surface area (Å²) < 4.78 is 5.35. The molecular formula is C17H18ClN3O2. The number of carbonyl (C=O) groups is 1. The quantitative estimate of drug-likeness (QED) is 0.935. The number of anilines is 1. The van der Waals surface area contributed by atoms with Gasteiger partial charge in [0.15, 0.2) is 0 Å². The largest absolute Gasteiger partial charge is 0.378 e. The predicted molar refractivity (Wildman–Crippen MR) is 89.9 cm³/mol. The van der Waals surface area contributed by atoms with Gasteiger partial charge in [0.25, 0.3) is 5.91 Å². The molecule has 1 saturated heterocycles. The number of nitrogens with zero attached hydrogens (tertiary/aromatic N) is 2. The maximum atomic E-state index is 12.3. The fourth-order valence-corrected chi connectivity index (χ4v) is 2.67. The first-order chi connectivity index (χ1) is 11.2. The van der Waals surface area contributed by atoms with Crippen LogP contribution in [-0.4, -0.2) is 37.2 Å². The van der Waals surface area contributed by atoms with Crippen LogP contribution in [0.2, 0.25) is 5.02 Å². The molecule has 0 spiro atoms. The van der Waals surface area contributed by atoms with Crippen LogP contribution in [0.4, 0.5) is 5.69 Å². The van der Waals surface area contributed by atoms with Crippen LogP contribution >= 0.6 is 11.6 Å². The van der Waals surface area contributed by atoms with Gasteiger partial charge < -0.3 is 15.0 Å². The third-order valence-corrected chi connectivity index (χ3v) is 4.12. The van der Waals surface area contributed by atoms with E-state index in [0.717, 1.165) is 24.3 Å². The number of benzene rings is 1. The van der Waals surface area contributed by atoms with Crippen LogP contribution in [0.1, 0.15) is 16.1 Å². The molecule has 6 heteroatoms. The second-order valence-electron chi connectivity index (χ2n) is 5.27. The molecular weight excluding hydrogens is 314 g/mol. The molecule has 0 bridgehead atoms. The van der Waals surface area contributed by atoms with E-state index < -0.39 is 0 Å². The van der Waals surface area contributed by atoms with E-state index in [-0.39, 0.29) is 5.91 Å². The number of morpholine rings is 1. The van der Waals surface area contributed by atoms with Crippen molar-refractivity contribution in [3.8, 4) is 0 Å². The Morgan fingerprint density at radius 2 is 2.04 bits per heavy atom. The van der Waals surface area contributed by atoms with E-state index in [1.807, 2.05) is 30.3 Å². The van der Waals surface area contributed by atoms with Crippen LogP contribution in [0.3, 0.4) is 0 Å². The van der Waals surface area contributed by atoms with E-state index in [2.05, 4.69) is 15.2 Å². The number of nitrogens with one attached hydrogen (secondary N) is 1. The minimum atomic E-state index is -0.208. The van der Waals surface area contributed by atoms with Gasteiger partial charge in [0, 0.05) is 36.5 Å². The molecule has 1 amide bonds. The lowest BCUT2D eigenvalue weighted by molar-refractivity contribution is 0.0946. The number of carbonyl (C=O) groups excluding carboxylic acids is 1. The van der Waals surface area contributed by atoms with Crippen LogP contribution in [-0.2, 0) is 11.3 Å². The second kappa shape index (κ2) is 7.44. The zero-order valence-corrected chi connectivity index (χ0v) is 13.4. The molecule has 2 aromatic rings. The summed E-state index contributed by atoms with van der Waals surface area (Å²) in [7, 11) is 0. The molecule has 1 aliphatic heterocycles. The van der Waals surface area contributed by atoms with Gasteiger partial charge in [-0.05, 0) is 23.8 Å². The van der Waals surface area contributed by atoms with Gasteiger partial charge in [0.1, 0.15) is 5.69 Å². The Hall–Kier alpha value is -2.11. The van der Waals surface area contributed by atoms with Gasteiger partial charge in [-0.3, -0.25) is 9.78 Å². The van der Waals surface area contributed by atoms with Gasteiger partial charge in [-0.15, -0.1) is 0 Å². The average molecular weight is 332 g/mol. The molecule has 1 fully saturated rings. The highest BCUT2D eigenvalue weighted by molar-refractivity contribution is 6.31. The third-order valence-electron chi connectivity index (χ3n) is 3.75. The van der Waals surface area contributed by atoms with Crippen LogP contribution in [0.5, 0.6) is 0 Å². The highest BCUT2D eigenvalue weighted by Gasteiger charge is 2.14. The summed E-state index contributed by atoms with van der Waals surface area (Å²) in [5, 5.41) is 3.50. The first-order valence-electron chi connectivity index (χ1n) is 7.54. The van der Waals surface area contributed by atoms with E-state index in [0.29, 0.717) is 30.5 Å². The van der Waals surface area contributed by atoms with Crippen LogP contribution in [0.15, 0.2) is 42.6 Å². The summed E-state index contributed by atoms with van der Waals surface area (Å²) in [4.78, 5) is 18.7. The summed E-state index contributed by atoms with van der Waals surface area (Å²) in [5.74, 6) is -0.208. The average Bonchev–Trinajstić information content (AvgIpc) is 2.62. The molecule has 0 radical (unpaired) electrons. The van der Waals surface area contributed by atoms with Crippen LogP contribution in [0, 0.1) is 0 Å². The lowest BCUT2D eigenvalue weighted by Gasteiger charge is -2.28. The molecule has 23 heavy (non-hydrogen) atoms. The van der Waals surface area contributed by atoms with Crippen molar-refractivity contribution >= 4 is 23.2 Å². The standard InChI is InChI=1S/C17H18ClN3O2/c18-15-4-2-1-3-13(15)12-20-17(22)16-11-14(5-6-19-16)21-7-9-23-10-8-21/h1-6,11H,7-10,12H2,(H,20,22). The lowest BCUT2D eigenvalue weighted by atomic mass is 10.2. The van der Waals surface area contributed by atoms with Gasteiger partial charge in [0.2, 0.25) is 0 Å². The normalized spacial score (nSPS) is 14.6. The fourth-order valence-electron chi connectivity index (χ4n) is 2.47. The van der Waals surface area contributed by atoms with Gasteiger partial charge >= 0.3 is 0 Å². The van der Waals surface area contributed by atoms with Crippen molar-refractivity contribution in [2.24, 2.45) is 0 Å². The van der Waals surface area contributed by atoms with E-state index in [4.69, 9.17) is 16.3 Å². The van der Waals surface area contributed by atoms with Crippen LogP contribution < -0.4 is 10.2 Å². The molecule has 1 aliphatic rings. The molecule has 0 unspecified atom stereocenters. The second-order valence-corrected chi connectivity index (χ2v) is 5.68. The SMILES string of the molecule is O=C(NCc1ccccc1Cl)c1cc(N2CCOCC2)ccn1. The predicted octanol–water partition coefficient (Wildman–Crippen LogP) is 2.50. The van der Waals surface area contributed by atoms with Crippen molar-refractivity contribution < 1.29 is 9.53 Å². The number of rotatable bonds is 4. The maximum absolute atomic E-state index is 12.3. The van der Waals surface area contributed by atoms with E-state index in [1.54, 1.807) is 12.3 Å². The molecule has 0 saturated carbocycles. The van der Waals surface area contributed by atoms with Gasteiger partial charge in [-0.25, -0.2) is 0 Å². The summed E-state index contributed by atoms with van der Waals surface area (Å²) in [6, 6.07) is 11.2. The molecule has 1 aromatic heterocycles. The highest BCUT2D eigenvalue weighted by atomic mass is 35.5. The van der Waals surface area contributed by atoms with Crippen molar-refractivity contribution in [1.82, 2.24) is 10.3 Å². The smallest absolute Gasteiger partial charge is 0.270 e. The van der Waals surface area contributed by atoms with Crippen molar-refractivity contribution in [1.29, 1.82) is 0 Å². The summed E-state index contributed by atoms with van der Waals surface area (Å²) >= 11 is 6.10. The van der Waals surface area contributed by atoms with E-state index in [9.17, 15) is 4.79 Å². The zero-order chi connectivity index (χ0) is 16.1. The maximum Gasteiger partial charge on any atom is 0.270 e. The number of amides is 1. The first kappa shape index (κ1) is 15.8. The molecule has 5 nitrogen and oxygen atoms in total. The lowest BCUT2D eigenvalue weighted by Crippen LogP contribution is -2.36. The summed E-state index contributed by atoms with van der Waals surface area (Å²) in [6.07, 6.45) is 1.66. The molecule has 2 heterocycles. The number of aromatic nitrogens is 1. The summed E-state index contributed by atoms with van der Waals surface area (Å²) in [5.41, 5.74) is 2.28. The van der Waals surface area contributed by atoms with Crippen molar-refractivity contribution in [3.05, 3.63) is 58.9 Å². The monoisotopic (exact) mass is 331 g/mol. The number of hydrogen-bond acceptors (Lipinski definition) is 4. The molecule has 0 aliphatic carbocycles. The molecule has 3 rings (SSSR count). The Morgan fingerprint density at radius 1 is 1.26 bits per heavy atom. The first-order valence-corrected chi connectivity index (χ1v) is 7.92. The molecule has 120 valence electrons. The number of pyridine rings is 1. The number of hydrogen-bond donors (Lipinski definition) is 1. The Kier molecular flexibility index (Phi) is 5.10. The molecule has 0 atom stereocenters. The van der Waals surface area contributed by atoms with E-state index >= 15 is 0 Å². The van der Waals surface area contributed by atoms with E-state index in [1.165, 1.54) is 0 Å². The minimum Gasteiger partial charge on any atom is -0.378 e. The third kappa shape index (κ3) is 4.00. The van der Waals surface area contributed by atoms with Gasteiger partial charge in [-0.1, -0.05) is 29.8 Å². The van der Waals surface area contributed by atoms with Crippen molar-refractivity contribution in [2.75, 3.05) is 31.2 Å². The van der Waals surface area contributed by atoms with Crippen molar-refractivity contribution in [2.45, 2.75) is 6.54 Å². The Morgan fingerprint density at radius 3 is 2.83 bits per heavy atom. The Bertz CT molecular complexity index is 687. The molecule has 1 aromatic carbocycles. The van der Waals surface area contributed by atoms with Crippen LogP contribution in [0.25, 0.3) is 0 Å². The van der Waals surface area contributed by atoms with Gasteiger partial charge in [-0.2, -0.15) is 0 Å². The molecule has 1 N–H and O–H groups in total. The Labute approximate surface area is 140 Å². The number of halogens is 1. The highest BCUT2D eigenvalue weighted by Crippen LogP contribution is 2.17. The fraction of sp³-hybridized carbons (Fsp3) is 0.294.